The fourth-order valence-electron chi connectivity index (χ4n) is 1.66. The molecule has 0 bridgehead atoms. The van der Waals surface area contributed by atoms with Gasteiger partial charge in [-0.15, -0.1) is 0 Å². The van der Waals surface area contributed by atoms with Gasteiger partial charge in [-0.3, -0.25) is 4.79 Å². The molecule has 0 saturated heterocycles. The Hall–Kier alpha value is -2.94. The minimum atomic E-state index is -4.09. The number of aryl methyl sites for hydroxylation is 1. The molecule has 3 N–H and O–H groups in total. The number of carbonyl (C=O) groups excluding carboxylic acids is 2. The Morgan fingerprint density at radius 1 is 1.17 bits per heavy atom. The van der Waals surface area contributed by atoms with Crippen LogP contribution in [0.25, 0.3) is 0 Å². The van der Waals surface area contributed by atoms with Crippen molar-refractivity contribution < 1.29 is 22.7 Å². The molecule has 2 amide bonds. The summed E-state index contributed by atoms with van der Waals surface area (Å²) < 4.78 is 30.6. The maximum atomic E-state index is 12.0. The lowest BCUT2D eigenvalue weighted by molar-refractivity contribution is 0.0993. The van der Waals surface area contributed by atoms with Gasteiger partial charge in [0.05, 0.1) is 4.90 Å². The molecule has 0 unspecified atom stereocenters. The number of amides is 2. The van der Waals surface area contributed by atoms with Crippen molar-refractivity contribution in [2.24, 2.45) is 5.73 Å². The van der Waals surface area contributed by atoms with Gasteiger partial charge in [-0.1, -0.05) is 17.7 Å². The van der Waals surface area contributed by atoms with Gasteiger partial charge >= 0.3 is 6.09 Å². The fraction of sp³-hybridized carbons (Fsp3) is 0.0714. The van der Waals surface area contributed by atoms with Crippen molar-refractivity contribution in [1.82, 2.24) is 9.71 Å². The number of sulfonamides is 1. The highest BCUT2D eigenvalue weighted by Crippen LogP contribution is 2.15. The Morgan fingerprint density at radius 3 is 2.43 bits per heavy atom. The molecule has 0 spiro atoms. The standard InChI is InChI=1S/C14H13N3O5S/c1-9-4-6-10(7-5-9)23(20,21)17-14(19)22-11-3-2-8-16-12(11)13(15)18/h2-8H,1H3,(H2,15,18)(H,17,19). The van der Waals surface area contributed by atoms with Gasteiger partial charge in [-0.25, -0.2) is 22.9 Å². The van der Waals surface area contributed by atoms with E-state index in [1.54, 1.807) is 23.8 Å². The summed E-state index contributed by atoms with van der Waals surface area (Å²) in [6, 6.07) is 8.56. The predicted molar refractivity (Wildman–Crippen MR) is 80.3 cm³/mol. The van der Waals surface area contributed by atoms with E-state index in [9.17, 15) is 18.0 Å². The molecule has 0 aliphatic carbocycles. The number of rotatable bonds is 4. The van der Waals surface area contributed by atoms with E-state index >= 15 is 0 Å². The molecule has 0 saturated carbocycles. The number of carbonyl (C=O) groups is 2. The highest BCUT2D eigenvalue weighted by atomic mass is 32.2. The number of nitrogens with two attached hydrogens (primary N) is 1. The maximum Gasteiger partial charge on any atom is 0.426 e. The van der Waals surface area contributed by atoms with E-state index in [0.717, 1.165) is 5.56 Å². The van der Waals surface area contributed by atoms with E-state index in [0.29, 0.717) is 0 Å². The van der Waals surface area contributed by atoms with Crippen molar-refractivity contribution in [2.75, 3.05) is 0 Å². The first-order valence-corrected chi connectivity index (χ1v) is 7.84. The molecule has 8 nitrogen and oxygen atoms in total. The number of pyridine rings is 1. The zero-order chi connectivity index (χ0) is 17.0. The largest absolute Gasteiger partial charge is 0.426 e. The smallest absolute Gasteiger partial charge is 0.407 e. The number of ether oxygens (including phenoxy) is 1. The fourth-order valence-corrected chi connectivity index (χ4v) is 2.54. The number of benzene rings is 1. The first-order valence-electron chi connectivity index (χ1n) is 6.36. The second-order valence-electron chi connectivity index (χ2n) is 4.52. The van der Waals surface area contributed by atoms with E-state index in [4.69, 9.17) is 10.5 Å². The number of nitrogens with one attached hydrogen (secondary N) is 1. The van der Waals surface area contributed by atoms with Crippen molar-refractivity contribution in [2.45, 2.75) is 11.8 Å². The average Bonchev–Trinajstić information content (AvgIpc) is 2.47. The van der Waals surface area contributed by atoms with Crippen molar-refractivity contribution in [3.05, 3.63) is 53.9 Å². The van der Waals surface area contributed by atoms with Crippen molar-refractivity contribution in [3.63, 3.8) is 0 Å². The maximum absolute atomic E-state index is 12.0. The third kappa shape index (κ3) is 4.04. The molecule has 120 valence electrons. The van der Waals surface area contributed by atoms with Crippen LogP contribution in [-0.2, 0) is 10.0 Å². The Balaban J connectivity index is 2.16. The molecule has 1 aromatic heterocycles. The highest BCUT2D eigenvalue weighted by molar-refractivity contribution is 7.90. The molecule has 0 radical (unpaired) electrons. The van der Waals surface area contributed by atoms with Crippen LogP contribution in [0.1, 0.15) is 16.1 Å². The van der Waals surface area contributed by atoms with Crippen molar-refractivity contribution in [1.29, 1.82) is 0 Å². The first-order chi connectivity index (χ1) is 10.8. The Morgan fingerprint density at radius 2 is 1.83 bits per heavy atom. The minimum absolute atomic E-state index is 0.0960. The van der Waals surface area contributed by atoms with Crippen LogP contribution in [0.15, 0.2) is 47.5 Å². The summed E-state index contributed by atoms with van der Waals surface area (Å²) >= 11 is 0. The molecule has 2 rings (SSSR count). The molecular weight excluding hydrogens is 322 g/mol. The van der Waals surface area contributed by atoms with Gasteiger partial charge in [-0.05, 0) is 31.2 Å². The summed E-state index contributed by atoms with van der Waals surface area (Å²) in [6.45, 7) is 1.80. The van der Waals surface area contributed by atoms with Crippen LogP contribution in [0.2, 0.25) is 0 Å². The van der Waals surface area contributed by atoms with Crippen LogP contribution >= 0.6 is 0 Å². The summed E-state index contributed by atoms with van der Waals surface area (Å²) in [4.78, 5) is 26.5. The van der Waals surface area contributed by atoms with Gasteiger partial charge in [-0.2, -0.15) is 0 Å². The highest BCUT2D eigenvalue weighted by Gasteiger charge is 2.20. The van der Waals surface area contributed by atoms with Crippen LogP contribution in [0, 0.1) is 6.92 Å². The number of hydrogen-bond acceptors (Lipinski definition) is 6. The van der Waals surface area contributed by atoms with E-state index in [-0.39, 0.29) is 16.3 Å². The monoisotopic (exact) mass is 335 g/mol. The third-order valence-electron chi connectivity index (χ3n) is 2.76. The molecule has 23 heavy (non-hydrogen) atoms. The van der Waals surface area contributed by atoms with Gasteiger partial charge < -0.3 is 10.5 Å². The minimum Gasteiger partial charge on any atom is -0.407 e. The number of nitrogens with zero attached hydrogens (tertiary/aromatic N) is 1. The van der Waals surface area contributed by atoms with Gasteiger partial charge in [0.15, 0.2) is 11.4 Å². The molecule has 0 atom stereocenters. The van der Waals surface area contributed by atoms with Gasteiger partial charge in [0.2, 0.25) is 0 Å². The van der Waals surface area contributed by atoms with Crippen molar-refractivity contribution >= 4 is 22.0 Å². The van der Waals surface area contributed by atoms with Crippen LogP contribution in [0.5, 0.6) is 5.75 Å². The SMILES string of the molecule is Cc1ccc(S(=O)(=O)NC(=O)Oc2cccnc2C(N)=O)cc1. The zero-order valence-electron chi connectivity index (χ0n) is 12.0. The average molecular weight is 335 g/mol. The Kier molecular flexibility index (Phi) is 4.60. The number of aromatic nitrogens is 1. The molecular formula is C14H13N3O5S. The van der Waals surface area contributed by atoms with Gasteiger partial charge in [0, 0.05) is 6.20 Å². The molecule has 1 aromatic carbocycles. The quantitative estimate of drug-likeness (QED) is 0.856. The molecule has 0 aliphatic rings. The van der Waals surface area contributed by atoms with Crippen molar-refractivity contribution in [3.8, 4) is 5.75 Å². The van der Waals surface area contributed by atoms with Crippen LogP contribution in [0.3, 0.4) is 0 Å². The van der Waals surface area contributed by atoms with Gasteiger partial charge in [0.25, 0.3) is 15.9 Å². The Labute approximate surface area is 132 Å². The molecule has 9 heteroatoms. The second-order valence-corrected chi connectivity index (χ2v) is 6.20. The van der Waals surface area contributed by atoms with E-state index in [2.05, 4.69) is 4.98 Å². The molecule has 1 heterocycles. The van der Waals surface area contributed by atoms with E-state index in [1.807, 2.05) is 0 Å². The normalized spacial score (nSPS) is 10.8. The topological polar surface area (TPSA) is 128 Å². The molecule has 0 aliphatic heterocycles. The lowest BCUT2D eigenvalue weighted by Gasteiger charge is -2.09. The van der Waals surface area contributed by atoms with Gasteiger partial charge in [0.1, 0.15) is 0 Å². The van der Waals surface area contributed by atoms with Crippen LogP contribution in [0.4, 0.5) is 4.79 Å². The third-order valence-corrected chi connectivity index (χ3v) is 4.08. The number of hydrogen-bond donors (Lipinski definition) is 2. The molecule has 2 aromatic rings. The zero-order valence-corrected chi connectivity index (χ0v) is 12.8. The van der Waals surface area contributed by atoms with Crippen LogP contribution in [-0.4, -0.2) is 25.4 Å². The van der Waals surface area contributed by atoms with E-state index < -0.39 is 22.0 Å². The number of primary amides is 1. The lowest BCUT2D eigenvalue weighted by atomic mass is 10.2. The summed E-state index contributed by atoms with van der Waals surface area (Å²) in [5.41, 5.74) is 5.68. The second kappa shape index (κ2) is 6.44. The summed E-state index contributed by atoms with van der Waals surface area (Å²) in [6.07, 6.45) is 0.00884. The summed E-state index contributed by atoms with van der Waals surface area (Å²) in [7, 11) is -4.09. The molecule has 0 fully saturated rings. The summed E-state index contributed by atoms with van der Waals surface area (Å²) in [5, 5.41) is 0. The first kappa shape index (κ1) is 16.4. The Bertz CT molecular complexity index is 847. The van der Waals surface area contributed by atoms with E-state index in [1.165, 1.54) is 30.5 Å². The predicted octanol–water partition coefficient (Wildman–Crippen LogP) is 0.966. The van der Waals surface area contributed by atoms with Crippen LogP contribution < -0.4 is 15.2 Å². The summed E-state index contributed by atoms with van der Waals surface area (Å²) in [5.74, 6) is -1.15. The lowest BCUT2D eigenvalue weighted by Crippen LogP contribution is -2.33.